The van der Waals surface area contributed by atoms with Crippen LogP contribution in [-0.2, 0) is 0 Å². The Bertz CT molecular complexity index is 1210. The molecular weight excluding hydrogens is 318 g/mol. The Morgan fingerprint density at radius 1 is 0.731 bits per heavy atom. The zero-order chi connectivity index (χ0) is 17.1. The third-order valence-corrected chi connectivity index (χ3v) is 5.53. The fourth-order valence-electron chi connectivity index (χ4n) is 4.41. The van der Waals surface area contributed by atoms with Crippen molar-refractivity contribution >= 4 is 21.8 Å². The maximum atomic E-state index is 6.43. The highest BCUT2D eigenvalue weighted by Gasteiger charge is 2.34. The third-order valence-electron chi connectivity index (χ3n) is 5.53. The van der Waals surface area contributed by atoms with Crippen LogP contribution in [0.4, 0.5) is 0 Å². The van der Waals surface area contributed by atoms with Gasteiger partial charge in [0.1, 0.15) is 11.9 Å². The Morgan fingerprint density at radius 2 is 1.54 bits per heavy atom. The van der Waals surface area contributed by atoms with Crippen LogP contribution in [0.5, 0.6) is 5.75 Å². The van der Waals surface area contributed by atoms with Crippen LogP contribution in [0.15, 0.2) is 91.0 Å². The van der Waals surface area contributed by atoms with E-state index in [1.54, 1.807) is 0 Å². The van der Waals surface area contributed by atoms with Crippen molar-refractivity contribution in [1.29, 1.82) is 0 Å². The minimum absolute atomic E-state index is 0.111. The average Bonchev–Trinajstić information content (AvgIpc) is 3.24. The number of benzene rings is 3. The lowest BCUT2D eigenvalue weighted by atomic mass is 9.91. The Balaban J connectivity index is 1.74. The molecule has 0 fully saturated rings. The van der Waals surface area contributed by atoms with Crippen LogP contribution in [-0.4, -0.2) is 10.7 Å². The number of hydrogen-bond donors (Lipinski definition) is 0. The summed E-state index contributed by atoms with van der Waals surface area (Å²) >= 11 is 0. The van der Waals surface area contributed by atoms with Crippen molar-refractivity contribution in [2.24, 2.45) is 0 Å². The molecule has 0 saturated carbocycles. The summed E-state index contributed by atoms with van der Waals surface area (Å²) in [5.74, 6) is 1.36. The van der Waals surface area contributed by atoms with Crippen molar-refractivity contribution in [3.63, 3.8) is 0 Å². The number of rotatable bonds is 1. The summed E-state index contributed by atoms with van der Waals surface area (Å²) in [5.41, 5.74) is 4.88. The molecule has 124 valence electrons. The van der Waals surface area contributed by atoms with Crippen molar-refractivity contribution in [2.75, 3.05) is 0 Å². The van der Waals surface area contributed by atoms with Crippen molar-refractivity contribution in [3.8, 4) is 11.4 Å². The molecule has 2 unspecified atom stereocenters. The molecule has 26 heavy (non-hydrogen) atoms. The smallest absolute Gasteiger partial charge is 0.134 e. The van der Waals surface area contributed by atoms with Crippen LogP contribution >= 0.6 is 0 Å². The van der Waals surface area contributed by atoms with E-state index in [0.717, 1.165) is 5.75 Å². The Hall–Kier alpha value is -3.26. The maximum absolute atomic E-state index is 6.43. The van der Waals surface area contributed by atoms with Gasteiger partial charge in [0.15, 0.2) is 0 Å². The Labute approximate surface area is 151 Å². The minimum Gasteiger partial charge on any atom is -0.484 e. The van der Waals surface area contributed by atoms with E-state index in [9.17, 15) is 0 Å². The van der Waals surface area contributed by atoms with Gasteiger partial charge in [0, 0.05) is 22.6 Å². The fourth-order valence-corrected chi connectivity index (χ4v) is 4.41. The number of fused-ring (bicyclic) bond motifs is 7. The van der Waals surface area contributed by atoms with Gasteiger partial charge in [0.25, 0.3) is 0 Å². The summed E-state index contributed by atoms with van der Waals surface area (Å²) in [6.07, 6.45) is 8.72. The molecule has 2 heteroatoms. The van der Waals surface area contributed by atoms with Crippen LogP contribution in [0.25, 0.3) is 27.5 Å². The monoisotopic (exact) mass is 335 g/mol. The molecule has 0 N–H and O–H groups in total. The van der Waals surface area contributed by atoms with E-state index in [1.165, 1.54) is 33.1 Å². The van der Waals surface area contributed by atoms with Gasteiger partial charge in [-0.15, -0.1) is 0 Å². The lowest BCUT2D eigenvalue weighted by Crippen LogP contribution is -2.15. The van der Waals surface area contributed by atoms with E-state index in [0.29, 0.717) is 5.92 Å². The van der Waals surface area contributed by atoms with Gasteiger partial charge >= 0.3 is 0 Å². The minimum atomic E-state index is 0.111. The molecule has 0 bridgehead atoms. The Kier molecular flexibility index (Phi) is 2.75. The van der Waals surface area contributed by atoms with E-state index >= 15 is 0 Å². The SMILES string of the molecule is C1=CC2Oc3c(ccc4c3c3ccccc3n4-c3ccccc3)C2C=C1. The molecule has 2 atom stereocenters. The highest BCUT2D eigenvalue weighted by atomic mass is 16.5. The summed E-state index contributed by atoms with van der Waals surface area (Å²) in [6, 6.07) is 23.6. The maximum Gasteiger partial charge on any atom is 0.134 e. The molecule has 0 amide bonds. The van der Waals surface area contributed by atoms with Gasteiger partial charge < -0.3 is 9.30 Å². The van der Waals surface area contributed by atoms with Gasteiger partial charge in [-0.2, -0.15) is 0 Å². The predicted molar refractivity (Wildman–Crippen MR) is 106 cm³/mol. The van der Waals surface area contributed by atoms with Gasteiger partial charge in [-0.05, 0) is 30.3 Å². The van der Waals surface area contributed by atoms with E-state index in [-0.39, 0.29) is 6.10 Å². The van der Waals surface area contributed by atoms with E-state index in [1.807, 2.05) is 0 Å². The highest BCUT2D eigenvalue weighted by Crippen LogP contribution is 2.48. The quantitative estimate of drug-likeness (QED) is 0.432. The molecule has 4 aromatic rings. The fraction of sp³-hybridized carbons (Fsp3) is 0.0833. The van der Waals surface area contributed by atoms with Crippen molar-refractivity contribution < 1.29 is 4.74 Å². The van der Waals surface area contributed by atoms with Crippen LogP contribution in [0.3, 0.4) is 0 Å². The molecule has 0 saturated heterocycles. The molecular formula is C24H17NO. The highest BCUT2D eigenvalue weighted by molar-refractivity contribution is 6.13. The van der Waals surface area contributed by atoms with Gasteiger partial charge in [-0.3, -0.25) is 0 Å². The van der Waals surface area contributed by atoms with Crippen molar-refractivity contribution in [2.45, 2.75) is 12.0 Å². The molecule has 2 heterocycles. The van der Waals surface area contributed by atoms with Crippen LogP contribution in [0, 0.1) is 0 Å². The molecule has 1 aromatic heterocycles. The number of allylic oxidation sites excluding steroid dienone is 2. The molecule has 1 aliphatic heterocycles. The lowest BCUT2D eigenvalue weighted by Gasteiger charge is -2.13. The van der Waals surface area contributed by atoms with Gasteiger partial charge in [0.2, 0.25) is 0 Å². The number of para-hydroxylation sites is 2. The number of nitrogens with zero attached hydrogens (tertiary/aromatic N) is 1. The molecule has 3 aromatic carbocycles. The third kappa shape index (κ3) is 1.76. The summed E-state index contributed by atoms with van der Waals surface area (Å²) in [6.45, 7) is 0. The second-order valence-corrected chi connectivity index (χ2v) is 6.94. The first-order valence-corrected chi connectivity index (χ1v) is 9.05. The van der Waals surface area contributed by atoms with Crippen LogP contribution in [0.1, 0.15) is 11.5 Å². The van der Waals surface area contributed by atoms with Crippen molar-refractivity contribution in [3.05, 3.63) is 96.6 Å². The lowest BCUT2D eigenvalue weighted by molar-refractivity contribution is 0.271. The number of aromatic nitrogens is 1. The Morgan fingerprint density at radius 3 is 2.46 bits per heavy atom. The van der Waals surface area contributed by atoms with Gasteiger partial charge in [-0.1, -0.05) is 60.7 Å². The topological polar surface area (TPSA) is 14.2 Å². The second kappa shape index (κ2) is 5.12. The molecule has 2 aliphatic rings. The molecule has 0 spiro atoms. The van der Waals surface area contributed by atoms with Crippen LogP contribution < -0.4 is 4.74 Å². The number of ether oxygens (including phenoxy) is 1. The average molecular weight is 335 g/mol. The normalized spacial score (nSPS) is 20.3. The molecule has 1 aliphatic carbocycles. The van der Waals surface area contributed by atoms with E-state index in [2.05, 4.69) is 95.6 Å². The first-order chi connectivity index (χ1) is 12.9. The zero-order valence-electron chi connectivity index (χ0n) is 14.2. The largest absolute Gasteiger partial charge is 0.484 e. The summed E-state index contributed by atoms with van der Waals surface area (Å²) in [5, 5.41) is 2.47. The van der Waals surface area contributed by atoms with E-state index < -0.39 is 0 Å². The first-order valence-electron chi connectivity index (χ1n) is 9.05. The summed E-state index contributed by atoms with van der Waals surface area (Å²) < 4.78 is 8.77. The summed E-state index contributed by atoms with van der Waals surface area (Å²) in [4.78, 5) is 0. The van der Waals surface area contributed by atoms with Crippen LogP contribution in [0.2, 0.25) is 0 Å². The summed E-state index contributed by atoms with van der Waals surface area (Å²) in [7, 11) is 0. The number of hydrogen-bond acceptors (Lipinski definition) is 1. The first kappa shape index (κ1) is 14.0. The standard InChI is InChI=1S/C24H17NO/c1-2-8-16(9-3-1)25-20-12-6-4-11-19(20)23-21(25)15-14-18-17-10-5-7-13-22(17)26-24(18)23/h1-15,17,22H. The molecule has 2 nitrogen and oxygen atoms in total. The van der Waals surface area contributed by atoms with Crippen molar-refractivity contribution in [1.82, 2.24) is 4.57 Å². The molecule has 0 radical (unpaired) electrons. The molecule has 6 rings (SSSR count). The second-order valence-electron chi connectivity index (χ2n) is 6.94. The van der Waals surface area contributed by atoms with Gasteiger partial charge in [-0.25, -0.2) is 0 Å². The predicted octanol–water partition coefficient (Wildman–Crippen LogP) is 5.75. The van der Waals surface area contributed by atoms with E-state index in [4.69, 9.17) is 4.74 Å². The zero-order valence-corrected chi connectivity index (χ0v) is 14.2. The van der Waals surface area contributed by atoms with Gasteiger partial charge in [0.05, 0.1) is 16.4 Å².